The number of nitrogens with zero attached hydrogens (tertiary/aromatic N) is 5. The predicted octanol–water partition coefficient (Wildman–Crippen LogP) is 1.40. The van der Waals surface area contributed by atoms with Crippen molar-refractivity contribution in [3.8, 4) is 11.5 Å². The molecular formula is C12H16F3N5O2. The molecule has 0 radical (unpaired) electrons. The highest BCUT2D eigenvalue weighted by Crippen LogP contribution is 2.31. The molecule has 0 amide bonds. The van der Waals surface area contributed by atoms with Crippen LogP contribution in [0.5, 0.6) is 0 Å². The number of hydrogen-bond donors (Lipinski definition) is 1. The van der Waals surface area contributed by atoms with Crippen LogP contribution in [0.25, 0.3) is 11.5 Å². The molecule has 0 spiro atoms. The molecule has 1 unspecified atom stereocenters. The fourth-order valence-corrected chi connectivity index (χ4v) is 1.87. The highest BCUT2D eigenvalue weighted by molar-refractivity contribution is 5.51. The molecule has 0 aliphatic carbocycles. The molecule has 122 valence electrons. The second kappa shape index (κ2) is 6.05. The number of methoxy groups -OCH3 is 1. The van der Waals surface area contributed by atoms with Gasteiger partial charge in [0.25, 0.3) is 0 Å². The van der Waals surface area contributed by atoms with Gasteiger partial charge in [0.05, 0.1) is 13.2 Å². The third-order valence-corrected chi connectivity index (χ3v) is 2.97. The topological polar surface area (TPSA) is 78.0 Å². The van der Waals surface area contributed by atoms with E-state index in [-0.39, 0.29) is 23.9 Å². The normalized spacial score (nSPS) is 13.6. The molecule has 0 aliphatic heterocycles. The summed E-state index contributed by atoms with van der Waals surface area (Å²) < 4.78 is 45.7. The van der Waals surface area contributed by atoms with Crippen molar-refractivity contribution in [1.29, 1.82) is 0 Å². The molecule has 2 heterocycles. The van der Waals surface area contributed by atoms with Gasteiger partial charge in [0.15, 0.2) is 17.3 Å². The van der Waals surface area contributed by atoms with Crippen molar-refractivity contribution in [1.82, 2.24) is 24.5 Å². The Labute approximate surface area is 124 Å². The molecule has 1 N–H and O–H groups in total. The Hall–Kier alpha value is -1.94. The van der Waals surface area contributed by atoms with Gasteiger partial charge in [-0.2, -0.15) is 23.4 Å². The fraction of sp³-hybridized carbons (Fsp3) is 0.583. The molecule has 1 atom stereocenters. The zero-order chi connectivity index (χ0) is 16.5. The first-order valence-electron chi connectivity index (χ1n) is 6.47. The van der Waals surface area contributed by atoms with E-state index in [1.807, 2.05) is 0 Å². The molecule has 0 saturated heterocycles. The third kappa shape index (κ3) is 3.28. The first-order chi connectivity index (χ1) is 10.2. The number of aliphatic hydroxyl groups is 1. The zero-order valence-electron chi connectivity index (χ0n) is 12.3. The SMILES string of the molecule is COCCn1nc(C(C)O)nc1-c1cc(C(F)(F)F)nn1C. The minimum atomic E-state index is -4.54. The Morgan fingerprint density at radius 3 is 2.55 bits per heavy atom. The predicted molar refractivity (Wildman–Crippen MR) is 69.7 cm³/mol. The molecule has 0 aromatic carbocycles. The molecule has 2 rings (SSSR count). The molecule has 0 bridgehead atoms. The van der Waals surface area contributed by atoms with Crippen molar-refractivity contribution in [3.63, 3.8) is 0 Å². The van der Waals surface area contributed by atoms with Gasteiger partial charge in [0.2, 0.25) is 0 Å². The summed E-state index contributed by atoms with van der Waals surface area (Å²) in [6.07, 6.45) is -5.47. The van der Waals surface area contributed by atoms with E-state index in [0.29, 0.717) is 6.61 Å². The average Bonchev–Trinajstić information content (AvgIpc) is 2.99. The van der Waals surface area contributed by atoms with Crippen LogP contribution in [-0.2, 0) is 24.5 Å². The lowest BCUT2D eigenvalue weighted by Crippen LogP contribution is -2.09. The molecule has 22 heavy (non-hydrogen) atoms. The van der Waals surface area contributed by atoms with Crippen LogP contribution in [0, 0.1) is 0 Å². The van der Waals surface area contributed by atoms with Gasteiger partial charge in [0, 0.05) is 14.2 Å². The highest BCUT2D eigenvalue weighted by Gasteiger charge is 2.35. The highest BCUT2D eigenvalue weighted by atomic mass is 19.4. The summed E-state index contributed by atoms with van der Waals surface area (Å²) in [6, 6.07) is 0.902. The Balaban J connectivity index is 2.48. The Bertz CT molecular complexity index is 648. The summed E-state index contributed by atoms with van der Waals surface area (Å²) >= 11 is 0. The van der Waals surface area contributed by atoms with Gasteiger partial charge in [-0.15, -0.1) is 0 Å². The summed E-state index contributed by atoms with van der Waals surface area (Å²) in [7, 11) is 2.89. The molecule has 0 fully saturated rings. The number of aliphatic hydroxyl groups excluding tert-OH is 1. The van der Waals surface area contributed by atoms with Gasteiger partial charge < -0.3 is 9.84 Å². The van der Waals surface area contributed by atoms with Gasteiger partial charge in [-0.05, 0) is 13.0 Å². The van der Waals surface area contributed by atoms with Crippen LogP contribution >= 0.6 is 0 Å². The number of halogens is 3. The number of ether oxygens (including phenoxy) is 1. The van der Waals surface area contributed by atoms with E-state index >= 15 is 0 Å². The van der Waals surface area contributed by atoms with Crippen LogP contribution in [-0.4, -0.2) is 43.4 Å². The summed E-state index contributed by atoms with van der Waals surface area (Å²) in [5.74, 6) is 0.319. The van der Waals surface area contributed by atoms with Crippen molar-refractivity contribution < 1.29 is 23.0 Å². The second-order valence-corrected chi connectivity index (χ2v) is 4.72. The van der Waals surface area contributed by atoms with Crippen molar-refractivity contribution in [2.45, 2.75) is 25.7 Å². The molecule has 0 saturated carbocycles. The first kappa shape index (κ1) is 16.4. The average molecular weight is 319 g/mol. The maximum Gasteiger partial charge on any atom is 0.435 e. The summed E-state index contributed by atoms with van der Waals surface area (Å²) in [4.78, 5) is 4.11. The van der Waals surface area contributed by atoms with E-state index in [2.05, 4.69) is 15.2 Å². The van der Waals surface area contributed by atoms with E-state index in [0.717, 1.165) is 10.7 Å². The standard InChI is InChI=1S/C12H16F3N5O2/c1-7(21)10-16-11(20(18-10)4-5-22-3)8-6-9(12(13,14)15)17-19(8)2/h6-7,21H,4-5H2,1-3H3. The van der Waals surface area contributed by atoms with Crippen LogP contribution < -0.4 is 0 Å². The lowest BCUT2D eigenvalue weighted by molar-refractivity contribution is -0.141. The van der Waals surface area contributed by atoms with Crippen LogP contribution in [0.4, 0.5) is 13.2 Å². The number of aryl methyl sites for hydroxylation is 1. The van der Waals surface area contributed by atoms with Crippen LogP contribution in [0.2, 0.25) is 0 Å². The van der Waals surface area contributed by atoms with E-state index in [1.54, 1.807) is 0 Å². The molecule has 2 aromatic heterocycles. The van der Waals surface area contributed by atoms with E-state index < -0.39 is 18.0 Å². The number of hydrogen-bond acceptors (Lipinski definition) is 5. The Morgan fingerprint density at radius 1 is 1.36 bits per heavy atom. The quantitative estimate of drug-likeness (QED) is 0.901. The van der Waals surface area contributed by atoms with Gasteiger partial charge in [-0.1, -0.05) is 0 Å². The van der Waals surface area contributed by atoms with E-state index in [9.17, 15) is 18.3 Å². The summed E-state index contributed by atoms with van der Waals surface area (Å²) in [5.41, 5.74) is -0.854. The van der Waals surface area contributed by atoms with Crippen LogP contribution in [0.1, 0.15) is 24.5 Å². The number of alkyl halides is 3. The van der Waals surface area contributed by atoms with Gasteiger partial charge >= 0.3 is 6.18 Å². The van der Waals surface area contributed by atoms with E-state index in [4.69, 9.17) is 4.74 Å². The summed E-state index contributed by atoms with van der Waals surface area (Å²) in [6.45, 7) is 2.07. The number of aromatic nitrogens is 5. The van der Waals surface area contributed by atoms with Crippen LogP contribution in [0.15, 0.2) is 6.07 Å². The smallest absolute Gasteiger partial charge is 0.385 e. The monoisotopic (exact) mass is 319 g/mol. The van der Waals surface area contributed by atoms with Gasteiger partial charge in [-0.25, -0.2) is 9.67 Å². The van der Waals surface area contributed by atoms with Crippen molar-refractivity contribution in [2.75, 3.05) is 13.7 Å². The lowest BCUT2D eigenvalue weighted by atomic mass is 10.3. The molecular weight excluding hydrogens is 303 g/mol. The third-order valence-electron chi connectivity index (χ3n) is 2.97. The van der Waals surface area contributed by atoms with Crippen molar-refractivity contribution in [2.24, 2.45) is 7.05 Å². The van der Waals surface area contributed by atoms with Crippen molar-refractivity contribution in [3.05, 3.63) is 17.6 Å². The van der Waals surface area contributed by atoms with E-state index in [1.165, 1.54) is 25.8 Å². The summed E-state index contributed by atoms with van der Waals surface area (Å²) in [5, 5.41) is 17.1. The second-order valence-electron chi connectivity index (χ2n) is 4.72. The van der Waals surface area contributed by atoms with Gasteiger partial charge in [0.1, 0.15) is 11.8 Å². The Morgan fingerprint density at radius 2 is 2.05 bits per heavy atom. The molecule has 2 aromatic rings. The maximum atomic E-state index is 12.8. The lowest BCUT2D eigenvalue weighted by Gasteiger charge is -2.04. The molecule has 10 heteroatoms. The fourth-order valence-electron chi connectivity index (χ4n) is 1.87. The largest absolute Gasteiger partial charge is 0.435 e. The Kier molecular flexibility index (Phi) is 4.52. The molecule has 0 aliphatic rings. The minimum absolute atomic E-state index is 0.126. The van der Waals surface area contributed by atoms with Gasteiger partial charge in [-0.3, -0.25) is 4.68 Å². The molecule has 7 nitrogen and oxygen atoms in total. The van der Waals surface area contributed by atoms with Crippen molar-refractivity contribution >= 4 is 0 Å². The number of rotatable bonds is 5. The van der Waals surface area contributed by atoms with Crippen LogP contribution in [0.3, 0.4) is 0 Å². The first-order valence-corrected chi connectivity index (χ1v) is 6.47. The maximum absolute atomic E-state index is 12.8. The minimum Gasteiger partial charge on any atom is -0.385 e. The zero-order valence-corrected chi connectivity index (χ0v) is 12.3.